The first-order chi connectivity index (χ1) is 15.0. The standard InChI is InChI=1S/C22H17ClN4O2S2/c1-30-12-19-25-17(10-20(28)27-19)21(29)24-14-6-4-5-13(9-14)18-11-31-22(26-18)15-7-2-3-8-16(15)23/h2-11H,12H2,1H3,(H,24,29)(H,25,27,28). The number of carbonyl (C=O) groups excluding carboxylic acids is 1. The number of carbonyl (C=O) groups is 1. The molecule has 156 valence electrons. The van der Waals surface area contributed by atoms with Gasteiger partial charge < -0.3 is 10.3 Å². The Hall–Kier alpha value is -2.94. The van der Waals surface area contributed by atoms with Crippen molar-refractivity contribution in [3.05, 3.63) is 86.9 Å². The predicted molar refractivity (Wildman–Crippen MR) is 128 cm³/mol. The van der Waals surface area contributed by atoms with Gasteiger partial charge in [0.2, 0.25) is 0 Å². The van der Waals surface area contributed by atoms with E-state index in [1.165, 1.54) is 29.2 Å². The van der Waals surface area contributed by atoms with E-state index < -0.39 is 5.91 Å². The molecular weight excluding hydrogens is 452 g/mol. The molecule has 0 unspecified atom stereocenters. The zero-order valence-electron chi connectivity index (χ0n) is 16.4. The van der Waals surface area contributed by atoms with Crippen molar-refractivity contribution in [2.24, 2.45) is 0 Å². The van der Waals surface area contributed by atoms with E-state index in [0.717, 1.165) is 21.8 Å². The number of aromatic amines is 1. The number of hydrogen-bond acceptors (Lipinski definition) is 6. The van der Waals surface area contributed by atoms with E-state index >= 15 is 0 Å². The summed E-state index contributed by atoms with van der Waals surface area (Å²) >= 11 is 9.30. The molecule has 31 heavy (non-hydrogen) atoms. The SMILES string of the molecule is CSCc1nc(C(=O)Nc2cccc(-c3csc(-c4ccccc4Cl)n3)c2)cc(=O)[nH]1. The lowest BCUT2D eigenvalue weighted by molar-refractivity contribution is 0.102. The summed E-state index contributed by atoms with van der Waals surface area (Å²) in [4.78, 5) is 36.0. The normalized spacial score (nSPS) is 10.8. The summed E-state index contributed by atoms with van der Waals surface area (Å²) in [5, 5.41) is 6.23. The van der Waals surface area contributed by atoms with E-state index in [9.17, 15) is 9.59 Å². The van der Waals surface area contributed by atoms with Crippen molar-refractivity contribution in [2.75, 3.05) is 11.6 Å². The Morgan fingerprint density at radius 1 is 1.16 bits per heavy atom. The number of anilines is 1. The van der Waals surface area contributed by atoms with Crippen LogP contribution in [0.1, 0.15) is 16.3 Å². The third kappa shape index (κ3) is 5.04. The Bertz CT molecular complexity index is 1300. The summed E-state index contributed by atoms with van der Waals surface area (Å²) in [5.41, 5.74) is 2.83. The third-order valence-electron chi connectivity index (χ3n) is 4.33. The van der Waals surface area contributed by atoms with Crippen molar-refractivity contribution in [3.8, 4) is 21.8 Å². The van der Waals surface area contributed by atoms with Gasteiger partial charge in [0.25, 0.3) is 11.5 Å². The number of amides is 1. The first-order valence-electron chi connectivity index (χ1n) is 9.25. The monoisotopic (exact) mass is 468 g/mol. The van der Waals surface area contributed by atoms with Crippen molar-refractivity contribution >= 4 is 46.3 Å². The molecule has 2 heterocycles. The van der Waals surface area contributed by atoms with E-state index in [0.29, 0.717) is 22.3 Å². The summed E-state index contributed by atoms with van der Waals surface area (Å²) < 4.78 is 0. The molecule has 0 fully saturated rings. The predicted octanol–water partition coefficient (Wildman–Crippen LogP) is 5.33. The molecule has 6 nitrogen and oxygen atoms in total. The average molecular weight is 469 g/mol. The zero-order valence-corrected chi connectivity index (χ0v) is 18.8. The minimum absolute atomic E-state index is 0.0767. The van der Waals surface area contributed by atoms with Gasteiger partial charge in [-0.2, -0.15) is 11.8 Å². The van der Waals surface area contributed by atoms with Crippen LogP contribution in [-0.4, -0.2) is 27.1 Å². The molecule has 0 spiro atoms. The van der Waals surface area contributed by atoms with Gasteiger partial charge in [0, 0.05) is 28.3 Å². The Morgan fingerprint density at radius 3 is 2.81 bits per heavy atom. The summed E-state index contributed by atoms with van der Waals surface area (Å²) in [6.45, 7) is 0. The molecule has 2 N–H and O–H groups in total. The lowest BCUT2D eigenvalue weighted by Crippen LogP contribution is -2.20. The van der Waals surface area contributed by atoms with Crippen LogP contribution in [0.25, 0.3) is 21.8 Å². The topological polar surface area (TPSA) is 87.7 Å². The Morgan fingerprint density at radius 2 is 2.00 bits per heavy atom. The molecule has 0 aliphatic rings. The maximum atomic E-state index is 12.6. The number of rotatable bonds is 6. The number of halogens is 1. The van der Waals surface area contributed by atoms with E-state index in [2.05, 4.69) is 15.3 Å². The highest BCUT2D eigenvalue weighted by atomic mass is 35.5. The van der Waals surface area contributed by atoms with Crippen molar-refractivity contribution in [3.63, 3.8) is 0 Å². The number of thioether (sulfide) groups is 1. The molecule has 0 saturated carbocycles. The summed E-state index contributed by atoms with van der Waals surface area (Å²) in [5.74, 6) is 0.540. The number of nitrogens with zero attached hydrogens (tertiary/aromatic N) is 2. The minimum Gasteiger partial charge on any atom is -0.321 e. The van der Waals surface area contributed by atoms with Crippen LogP contribution in [-0.2, 0) is 5.75 Å². The van der Waals surface area contributed by atoms with E-state index in [1.54, 1.807) is 6.07 Å². The van der Waals surface area contributed by atoms with Gasteiger partial charge in [-0.1, -0.05) is 41.9 Å². The van der Waals surface area contributed by atoms with Crippen LogP contribution in [0, 0.1) is 0 Å². The van der Waals surface area contributed by atoms with Gasteiger partial charge in [-0.3, -0.25) is 9.59 Å². The first-order valence-corrected chi connectivity index (χ1v) is 11.9. The number of hydrogen-bond donors (Lipinski definition) is 2. The molecule has 9 heteroatoms. The maximum absolute atomic E-state index is 12.6. The maximum Gasteiger partial charge on any atom is 0.274 e. The highest BCUT2D eigenvalue weighted by molar-refractivity contribution is 7.97. The second-order valence-corrected chi connectivity index (χ2v) is 8.69. The molecule has 4 aromatic rings. The zero-order chi connectivity index (χ0) is 21.8. The quantitative estimate of drug-likeness (QED) is 0.399. The number of aromatic nitrogens is 3. The first kappa shape index (κ1) is 21.3. The fourth-order valence-electron chi connectivity index (χ4n) is 2.95. The largest absolute Gasteiger partial charge is 0.321 e. The van der Waals surface area contributed by atoms with Gasteiger partial charge in [-0.25, -0.2) is 9.97 Å². The van der Waals surface area contributed by atoms with Gasteiger partial charge >= 0.3 is 0 Å². The van der Waals surface area contributed by atoms with Gasteiger partial charge in [-0.15, -0.1) is 11.3 Å². The van der Waals surface area contributed by atoms with Crippen LogP contribution >= 0.6 is 34.7 Å². The van der Waals surface area contributed by atoms with E-state index in [1.807, 2.05) is 54.1 Å². The van der Waals surface area contributed by atoms with Crippen molar-refractivity contribution in [1.29, 1.82) is 0 Å². The summed E-state index contributed by atoms with van der Waals surface area (Å²) in [7, 11) is 0. The molecule has 2 aromatic carbocycles. The summed E-state index contributed by atoms with van der Waals surface area (Å²) in [6.07, 6.45) is 1.90. The molecular formula is C22H17ClN4O2S2. The van der Waals surface area contributed by atoms with E-state index in [-0.39, 0.29) is 11.3 Å². The molecule has 0 radical (unpaired) electrons. The smallest absolute Gasteiger partial charge is 0.274 e. The van der Waals surface area contributed by atoms with Crippen molar-refractivity contribution in [2.45, 2.75) is 5.75 Å². The van der Waals surface area contributed by atoms with E-state index in [4.69, 9.17) is 16.6 Å². The second kappa shape index (κ2) is 9.47. The lowest BCUT2D eigenvalue weighted by Gasteiger charge is -2.07. The lowest BCUT2D eigenvalue weighted by atomic mass is 10.1. The number of thiazole rings is 1. The second-order valence-electron chi connectivity index (χ2n) is 6.56. The number of benzene rings is 2. The van der Waals surface area contributed by atoms with Gasteiger partial charge in [0.1, 0.15) is 16.5 Å². The molecule has 0 bridgehead atoms. The molecule has 0 saturated heterocycles. The van der Waals surface area contributed by atoms with Crippen LogP contribution < -0.4 is 10.9 Å². The molecule has 0 aliphatic carbocycles. The fourth-order valence-corrected chi connectivity index (χ4v) is 4.51. The Kier molecular flexibility index (Phi) is 6.50. The molecule has 0 aliphatic heterocycles. The Labute approximate surface area is 191 Å². The number of nitrogens with one attached hydrogen (secondary N) is 2. The molecule has 2 aromatic heterocycles. The summed E-state index contributed by atoms with van der Waals surface area (Å²) in [6, 6.07) is 16.1. The van der Waals surface area contributed by atoms with Crippen LogP contribution in [0.2, 0.25) is 5.02 Å². The molecule has 4 rings (SSSR count). The highest BCUT2D eigenvalue weighted by Gasteiger charge is 2.13. The van der Waals surface area contributed by atoms with Crippen LogP contribution in [0.3, 0.4) is 0 Å². The molecule has 1 amide bonds. The van der Waals surface area contributed by atoms with Gasteiger partial charge in [0.05, 0.1) is 16.5 Å². The van der Waals surface area contributed by atoms with Gasteiger partial charge in [0.15, 0.2) is 0 Å². The fraction of sp³-hybridized carbons (Fsp3) is 0.0909. The van der Waals surface area contributed by atoms with Gasteiger partial charge in [-0.05, 0) is 24.5 Å². The van der Waals surface area contributed by atoms with Crippen molar-refractivity contribution < 1.29 is 4.79 Å². The third-order valence-corrected chi connectivity index (χ3v) is 6.10. The highest BCUT2D eigenvalue weighted by Crippen LogP contribution is 2.33. The van der Waals surface area contributed by atoms with Crippen molar-refractivity contribution in [1.82, 2.24) is 15.0 Å². The Balaban J connectivity index is 1.56. The number of H-pyrrole nitrogens is 1. The van der Waals surface area contributed by atoms with Crippen LogP contribution in [0.15, 0.2) is 64.8 Å². The van der Waals surface area contributed by atoms with Crippen LogP contribution in [0.5, 0.6) is 0 Å². The average Bonchev–Trinajstić information content (AvgIpc) is 3.24. The minimum atomic E-state index is -0.444. The molecule has 0 atom stereocenters. The van der Waals surface area contributed by atoms with Crippen LogP contribution in [0.4, 0.5) is 5.69 Å².